The van der Waals surface area contributed by atoms with Crippen LogP contribution in [0.1, 0.15) is 25.8 Å². The van der Waals surface area contributed by atoms with Crippen LogP contribution in [0.5, 0.6) is 0 Å². The smallest absolute Gasteiger partial charge is 0.0227 e. The quantitative estimate of drug-likeness (QED) is 0.620. The van der Waals surface area contributed by atoms with E-state index in [9.17, 15) is 0 Å². The van der Waals surface area contributed by atoms with Crippen LogP contribution in [-0.4, -0.2) is 0 Å². The Kier molecular flexibility index (Phi) is 4.62. The van der Waals surface area contributed by atoms with E-state index in [1.54, 1.807) is 0 Å². The van der Waals surface area contributed by atoms with Crippen LogP contribution in [0.3, 0.4) is 0 Å². The van der Waals surface area contributed by atoms with Crippen molar-refractivity contribution in [1.29, 1.82) is 0 Å². The Morgan fingerprint density at radius 1 is 1.27 bits per heavy atom. The largest absolute Gasteiger partial charge is 0.0991 e. The maximum absolute atomic E-state index is 3.72. The lowest BCUT2D eigenvalue weighted by Gasteiger charge is -2.02. The van der Waals surface area contributed by atoms with Gasteiger partial charge in [-0.15, -0.1) is 0 Å². The number of benzene rings is 1. The summed E-state index contributed by atoms with van der Waals surface area (Å²) in [7, 11) is 0. The van der Waals surface area contributed by atoms with Gasteiger partial charge in [-0.2, -0.15) is 0 Å². The molecule has 0 heteroatoms. The number of rotatable bonds is 4. The summed E-state index contributed by atoms with van der Waals surface area (Å²) in [5.41, 5.74) is 3.89. The molecule has 0 saturated heterocycles. The van der Waals surface area contributed by atoms with Crippen molar-refractivity contribution in [3.63, 3.8) is 0 Å². The zero-order valence-electron chi connectivity index (χ0n) is 9.53. The molecule has 0 fully saturated rings. The summed E-state index contributed by atoms with van der Waals surface area (Å²) in [4.78, 5) is 0. The Labute approximate surface area is 92.6 Å². The number of hydrogen-bond donors (Lipinski definition) is 0. The zero-order chi connectivity index (χ0) is 11.1. The normalized spacial score (nSPS) is 12.7. The summed E-state index contributed by atoms with van der Waals surface area (Å²) in [6.07, 6.45) is 7.16. The first kappa shape index (κ1) is 11.5. The summed E-state index contributed by atoms with van der Waals surface area (Å²) >= 11 is 0. The van der Waals surface area contributed by atoms with Crippen LogP contribution < -0.4 is 0 Å². The van der Waals surface area contributed by atoms with E-state index < -0.39 is 0 Å². The Bertz CT molecular complexity index is 366. The number of allylic oxidation sites excluding steroid dienone is 5. The highest BCUT2D eigenvalue weighted by Gasteiger charge is 1.94. The highest BCUT2D eigenvalue weighted by molar-refractivity contribution is 5.66. The first-order valence-corrected chi connectivity index (χ1v) is 5.33. The molecule has 1 aromatic carbocycles. The molecule has 15 heavy (non-hydrogen) atoms. The van der Waals surface area contributed by atoms with Crippen LogP contribution in [0.15, 0.2) is 60.7 Å². The third-order valence-electron chi connectivity index (χ3n) is 2.37. The van der Waals surface area contributed by atoms with Crippen molar-refractivity contribution in [2.45, 2.75) is 20.3 Å². The third kappa shape index (κ3) is 3.59. The van der Waals surface area contributed by atoms with Crippen LogP contribution >= 0.6 is 0 Å². The average Bonchev–Trinajstić information content (AvgIpc) is 2.29. The van der Waals surface area contributed by atoms with Gasteiger partial charge in [0.05, 0.1) is 0 Å². The minimum absolute atomic E-state index is 1.04. The van der Waals surface area contributed by atoms with Gasteiger partial charge in [-0.1, -0.05) is 62.1 Å². The first-order valence-electron chi connectivity index (χ1n) is 5.33. The molecule has 0 spiro atoms. The standard InChI is InChI=1S/C15H18/c1-4-9-14(5-2)12-13(3)15-10-7-6-8-11-15/h4,6-12H,1,5H2,2-3H3/b13-12+,14-9-. The topological polar surface area (TPSA) is 0 Å². The Balaban J connectivity index is 2.93. The molecule has 0 amide bonds. The van der Waals surface area contributed by atoms with Crippen LogP contribution in [0.2, 0.25) is 0 Å². The molecule has 0 aliphatic heterocycles. The van der Waals surface area contributed by atoms with E-state index in [1.165, 1.54) is 16.7 Å². The van der Waals surface area contributed by atoms with E-state index in [4.69, 9.17) is 0 Å². The summed E-state index contributed by atoms with van der Waals surface area (Å²) in [5.74, 6) is 0. The molecule has 0 aliphatic rings. The molecule has 0 aromatic heterocycles. The van der Waals surface area contributed by atoms with Crippen molar-refractivity contribution in [2.24, 2.45) is 0 Å². The fraction of sp³-hybridized carbons (Fsp3) is 0.200. The molecule has 0 unspecified atom stereocenters. The lowest BCUT2D eigenvalue weighted by atomic mass is 10.0. The Morgan fingerprint density at radius 3 is 2.47 bits per heavy atom. The van der Waals surface area contributed by atoms with Crippen LogP contribution in [0.25, 0.3) is 5.57 Å². The van der Waals surface area contributed by atoms with Gasteiger partial charge in [-0.3, -0.25) is 0 Å². The first-order chi connectivity index (χ1) is 7.27. The van der Waals surface area contributed by atoms with Crippen molar-refractivity contribution >= 4 is 5.57 Å². The molecule has 1 aromatic rings. The Morgan fingerprint density at radius 2 is 1.93 bits per heavy atom. The highest BCUT2D eigenvalue weighted by atomic mass is 14.0. The van der Waals surface area contributed by atoms with Crippen molar-refractivity contribution in [2.75, 3.05) is 0 Å². The second-order valence-corrected chi connectivity index (χ2v) is 3.52. The fourth-order valence-corrected chi connectivity index (χ4v) is 1.48. The van der Waals surface area contributed by atoms with E-state index in [0.717, 1.165) is 6.42 Å². The van der Waals surface area contributed by atoms with Gasteiger partial charge in [0, 0.05) is 0 Å². The molecule has 1 rings (SSSR count). The van der Waals surface area contributed by atoms with Crippen molar-refractivity contribution < 1.29 is 0 Å². The SMILES string of the molecule is C=C/C=C(\C=C(/C)c1ccccc1)CC. The maximum Gasteiger partial charge on any atom is -0.0227 e. The molecule has 0 heterocycles. The monoisotopic (exact) mass is 198 g/mol. The van der Waals surface area contributed by atoms with E-state index >= 15 is 0 Å². The van der Waals surface area contributed by atoms with Crippen molar-refractivity contribution in [3.8, 4) is 0 Å². The molecule has 0 N–H and O–H groups in total. The van der Waals surface area contributed by atoms with Gasteiger partial charge in [0.1, 0.15) is 0 Å². The van der Waals surface area contributed by atoms with E-state index in [-0.39, 0.29) is 0 Å². The van der Waals surface area contributed by atoms with E-state index in [0.29, 0.717) is 0 Å². The molecule has 0 nitrogen and oxygen atoms in total. The van der Waals surface area contributed by atoms with Crippen LogP contribution in [0.4, 0.5) is 0 Å². The maximum atomic E-state index is 3.72. The van der Waals surface area contributed by atoms with Gasteiger partial charge in [0.25, 0.3) is 0 Å². The van der Waals surface area contributed by atoms with Crippen molar-refractivity contribution in [3.05, 3.63) is 66.3 Å². The molecule has 0 atom stereocenters. The van der Waals surface area contributed by atoms with Crippen LogP contribution in [0, 0.1) is 0 Å². The third-order valence-corrected chi connectivity index (χ3v) is 2.37. The molecular weight excluding hydrogens is 180 g/mol. The predicted molar refractivity (Wildman–Crippen MR) is 68.7 cm³/mol. The fourth-order valence-electron chi connectivity index (χ4n) is 1.48. The highest BCUT2D eigenvalue weighted by Crippen LogP contribution is 2.16. The second kappa shape index (κ2) is 6.02. The molecule has 0 radical (unpaired) electrons. The van der Waals surface area contributed by atoms with Gasteiger partial charge in [0.15, 0.2) is 0 Å². The van der Waals surface area contributed by atoms with E-state index in [2.05, 4.69) is 56.8 Å². The average molecular weight is 198 g/mol. The summed E-state index contributed by atoms with van der Waals surface area (Å²) in [6, 6.07) is 10.4. The molecule has 0 bridgehead atoms. The zero-order valence-corrected chi connectivity index (χ0v) is 9.53. The van der Waals surface area contributed by atoms with Gasteiger partial charge in [-0.25, -0.2) is 0 Å². The minimum atomic E-state index is 1.04. The molecule has 0 aliphatic carbocycles. The summed E-state index contributed by atoms with van der Waals surface area (Å²) < 4.78 is 0. The van der Waals surface area contributed by atoms with E-state index in [1.807, 2.05) is 12.1 Å². The molecule has 0 saturated carbocycles. The van der Waals surface area contributed by atoms with Gasteiger partial charge >= 0.3 is 0 Å². The minimum Gasteiger partial charge on any atom is -0.0991 e. The lowest BCUT2D eigenvalue weighted by Crippen LogP contribution is -1.81. The van der Waals surface area contributed by atoms with Gasteiger partial charge < -0.3 is 0 Å². The van der Waals surface area contributed by atoms with Crippen molar-refractivity contribution in [1.82, 2.24) is 0 Å². The summed E-state index contributed by atoms with van der Waals surface area (Å²) in [6.45, 7) is 8.02. The number of hydrogen-bond acceptors (Lipinski definition) is 0. The Hall–Kier alpha value is -1.56. The van der Waals surface area contributed by atoms with Crippen LogP contribution in [-0.2, 0) is 0 Å². The van der Waals surface area contributed by atoms with Gasteiger partial charge in [0.2, 0.25) is 0 Å². The molecular formula is C15H18. The molecule has 78 valence electrons. The van der Waals surface area contributed by atoms with Gasteiger partial charge in [-0.05, 0) is 30.1 Å². The lowest BCUT2D eigenvalue weighted by molar-refractivity contribution is 1.15. The summed E-state index contributed by atoms with van der Waals surface area (Å²) in [5, 5.41) is 0. The second-order valence-electron chi connectivity index (χ2n) is 3.52. The predicted octanol–water partition coefficient (Wildman–Crippen LogP) is 4.61.